The molecular formula is C14H18O3. The van der Waals surface area contributed by atoms with Crippen molar-refractivity contribution in [3.8, 4) is 11.5 Å². The molecule has 0 spiro atoms. The van der Waals surface area contributed by atoms with Gasteiger partial charge in [0.15, 0.2) is 11.5 Å². The van der Waals surface area contributed by atoms with Crippen molar-refractivity contribution < 1.29 is 14.6 Å². The molecule has 1 fully saturated rings. The van der Waals surface area contributed by atoms with E-state index < -0.39 is 6.10 Å². The molecule has 0 amide bonds. The third-order valence-electron chi connectivity index (χ3n) is 3.76. The van der Waals surface area contributed by atoms with Gasteiger partial charge in [-0.3, -0.25) is 0 Å². The van der Waals surface area contributed by atoms with Crippen LogP contribution in [0.2, 0.25) is 0 Å². The van der Waals surface area contributed by atoms with Gasteiger partial charge in [-0.05, 0) is 24.8 Å². The van der Waals surface area contributed by atoms with Crippen LogP contribution < -0.4 is 9.47 Å². The standard InChI is InChI=1S/C14H18O3/c15-13(10-4-1-2-5-10)11-6-3-7-12-14(11)17-9-8-16-12/h3,6-7,10,13,15H,1-2,4-5,8-9H2. The van der Waals surface area contributed by atoms with Gasteiger partial charge in [-0.25, -0.2) is 0 Å². The van der Waals surface area contributed by atoms with E-state index >= 15 is 0 Å². The fraction of sp³-hybridized carbons (Fsp3) is 0.571. The number of benzene rings is 1. The molecule has 0 aromatic heterocycles. The summed E-state index contributed by atoms with van der Waals surface area (Å²) in [5.74, 6) is 1.90. The molecule has 3 nitrogen and oxygen atoms in total. The van der Waals surface area contributed by atoms with Crippen LogP contribution in [0.25, 0.3) is 0 Å². The number of rotatable bonds is 2. The van der Waals surface area contributed by atoms with Crippen molar-refractivity contribution in [3.63, 3.8) is 0 Å². The molecule has 1 saturated carbocycles. The molecular weight excluding hydrogens is 216 g/mol. The van der Waals surface area contributed by atoms with Crippen molar-refractivity contribution in [3.05, 3.63) is 23.8 Å². The van der Waals surface area contributed by atoms with Gasteiger partial charge in [-0.1, -0.05) is 25.0 Å². The summed E-state index contributed by atoms with van der Waals surface area (Å²) in [6.07, 6.45) is 4.29. The highest BCUT2D eigenvalue weighted by atomic mass is 16.6. The van der Waals surface area contributed by atoms with E-state index in [0.29, 0.717) is 19.1 Å². The van der Waals surface area contributed by atoms with Crippen LogP contribution in [0.1, 0.15) is 37.4 Å². The number of hydrogen-bond acceptors (Lipinski definition) is 3. The first-order valence-corrected chi connectivity index (χ1v) is 6.43. The minimum atomic E-state index is -0.408. The molecule has 17 heavy (non-hydrogen) atoms. The minimum absolute atomic E-state index is 0.382. The van der Waals surface area contributed by atoms with Gasteiger partial charge in [0.2, 0.25) is 0 Å². The maximum atomic E-state index is 10.4. The van der Waals surface area contributed by atoms with Gasteiger partial charge >= 0.3 is 0 Å². The zero-order chi connectivity index (χ0) is 11.7. The lowest BCUT2D eigenvalue weighted by Gasteiger charge is -2.25. The number of aliphatic hydroxyl groups is 1. The van der Waals surface area contributed by atoms with Crippen molar-refractivity contribution in [2.24, 2.45) is 5.92 Å². The van der Waals surface area contributed by atoms with Crippen molar-refractivity contribution in [1.29, 1.82) is 0 Å². The zero-order valence-corrected chi connectivity index (χ0v) is 9.89. The molecule has 1 aromatic carbocycles. The van der Waals surface area contributed by atoms with E-state index in [4.69, 9.17) is 9.47 Å². The van der Waals surface area contributed by atoms with Gasteiger partial charge in [0, 0.05) is 5.56 Å². The predicted molar refractivity (Wildman–Crippen MR) is 64.3 cm³/mol. The van der Waals surface area contributed by atoms with Crippen LogP contribution >= 0.6 is 0 Å². The molecule has 1 aliphatic heterocycles. The van der Waals surface area contributed by atoms with Crippen molar-refractivity contribution in [2.75, 3.05) is 13.2 Å². The molecule has 2 aliphatic rings. The van der Waals surface area contributed by atoms with Gasteiger partial charge in [0.25, 0.3) is 0 Å². The Morgan fingerprint density at radius 1 is 1.12 bits per heavy atom. The number of fused-ring (bicyclic) bond motifs is 1. The summed E-state index contributed by atoms with van der Waals surface area (Å²) in [4.78, 5) is 0. The Kier molecular flexibility index (Phi) is 2.93. The molecule has 92 valence electrons. The Labute approximate surface area is 101 Å². The molecule has 0 radical (unpaired) electrons. The second-order valence-electron chi connectivity index (χ2n) is 4.86. The highest BCUT2D eigenvalue weighted by Crippen LogP contribution is 2.43. The first kappa shape index (κ1) is 10.9. The lowest BCUT2D eigenvalue weighted by Crippen LogP contribution is -2.18. The average Bonchev–Trinajstić information content (AvgIpc) is 2.91. The topological polar surface area (TPSA) is 38.7 Å². The van der Waals surface area contributed by atoms with Crippen LogP contribution in [0.5, 0.6) is 11.5 Å². The fourth-order valence-electron chi connectivity index (χ4n) is 2.86. The predicted octanol–water partition coefficient (Wildman–Crippen LogP) is 2.68. The van der Waals surface area contributed by atoms with Crippen LogP contribution in [0.4, 0.5) is 0 Å². The molecule has 1 N–H and O–H groups in total. The molecule has 3 heteroatoms. The summed E-state index contributed by atoms with van der Waals surface area (Å²) in [7, 11) is 0. The average molecular weight is 234 g/mol. The van der Waals surface area contributed by atoms with E-state index in [2.05, 4.69) is 0 Å². The maximum absolute atomic E-state index is 10.4. The molecule has 1 atom stereocenters. The quantitative estimate of drug-likeness (QED) is 0.855. The van der Waals surface area contributed by atoms with E-state index in [1.807, 2.05) is 18.2 Å². The van der Waals surface area contributed by atoms with Gasteiger partial charge in [-0.15, -0.1) is 0 Å². The van der Waals surface area contributed by atoms with Crippen LogP contribution in [0.15, 0.2) is 18.2 Å². The number of hydrogen-bond donors (Lipinski definition) is 1. The maximum Gasteiger partial charge on any atom is 0.167 e. The third-order valence-corrected chi connectivity index (χ3v) is 3.76. The first-order chi connectivity index (χ1) is 8.36. The van der Waals surface area contributed by atoms with Crippen molar-refractivity contribution in [2.45, 2.75) is 31.8 Å². The van der Waals surface area contributed by atoms with Gasteiger partial charge in [0.05, 0.1) is 6.10 Å². The second kappa shape index (κ2) is 4.57. The van der Waals surface area contributed by atoms with Crippen molar-refractivity contribution in [1.82, 2.24) is 0 Å². The smallest absolute Gasteiger partial charge is 0.167 e. The lowest BCUT2D eigenvalue weighted by molar-refractivity contribution is 0.101. The number of aliphatic hydroxyl groups excluding tert-OH is 1. The Hall–Kier alpha value is -1.22. The summed E-state index contributed by atoms with van der Waals surface area (Å²) in [6, 6.07) is 5.79. The second-order valence-corrected chi connectivity index (χ2v) is 4.86. The molecule has 1 unspecified atom stereocenters. The normalized spacial score (nSPS) is 21.5. The highest BCUT2D eigenvalue weighted by molar-refractivity contribution is 5.48. The largest absolute Gasteiger partial charge is 0.486 e. The SMILES string of the molecule is OC(c1cccc2c1OCCO2)C1CCCC1. The number of ether oxygens (including phenoxy) is 2. The summed E-state index contributed by atoms with van der Waals surface area (Å²) in [6.45, 7) is 1.16. The van der Waals surface area contributed by atoms with E-state index in [9.17, 15) is 5.11 Å². The first-order valence-electron chi connectivity index (χ1n) is 6.43. The summed E-state index contributed by atoms with van der Waals surface area (Å²) < 4.78 is 11.2. The Morgan fingerprint density at radius 2 is 1.88 bits per heavy atom. The van der Waals surface area contributed by atoms with Crippen molar-refractivity contribution >= 4 is 0 Å². The molecule has 1 heterocycles. The zero-order valence-electron chi connectivity index (χ0n) is 9.89. The van der Waals surface area contributed by atoms with Gasteiger partial charge < -0.3 is 14.6 Å². The van der Waals surface area contributed by atoms with Crippen LogP contribution in [-0.2, 0) is 0 Å². The molecule has 3 rings (SSSR count). The highest BCUT2D eigenvalue weighted by Gasteiger charge is 2.28. The van der Waals surface area contributed by atoms with E-state index in [0.717, 1.165) is 29.9 Å². The van der Waals surface area contributed by atoms with E-state index in [1.165, 1.54) is 12.8 Å². The fourth-order valence-corrected chi connectivity index (χ4v) is 2.86. The van der Waals surface area contributed by atoms with Gasteiger partial charge in [0.1, 0.15) is 13.2 Å². The molecule has 0 saturated heterocycles. The molecule has 0 bridgehead atoms. The molecule has 1 aliphatic carbocycles. The minimum Gasteiger partial charge on any atom is -0.486 e. The summed E-state index contributed by atoms with van der Waals surface area (Å²) in [5, 5.41) is 10.4. The van der Waals surface area contributed by atoms with E-state index in [-0.39, 0.29) is 0 Å². The summed E-state index contributed by atoms with van der Waals surface area (Å²) >= 11 is 0. The van der Waals surface area contributed by atoms with Gasteiger partial charge in [-0.2, -0.15) is 0 Å². The third kappa shape index (κ3) is 2.00. The van der Waals surface area contributed by atoms with Crippen LogP contribution in [0, 0.1) is 5.92 Å². The Balaban J connectivity index is 1.91. The van der Waals surface area contributed by atoms with Crippen LogP contribution in [-0.4, -0.2) is 18.3 Å². The Bertz CT molecular complexity index is 396. The summed E-state index contributed by atoms with van der Waals surface area (Å²) in [5.41, 5.74) is 0.897. The van der Waals surface area contributed by atoms with Crippen LogP contribution in [0.3, 0.4) is 0 Å². The molecule has 1 aromatic rings. The number of para-hydroxylation sites is 1. The Morgan fingerprint density at radius 3 is 2.71 bits per heavy atom. The van der Waals surface area contributed by atoms with E-state index in [1.54, 1.807) is 0 Å². The lowest BCUT2D eigenvalue weighted by atomic mass is 9.93. The monoisotopic (exact) mass is 234 g/mol.